The fourth-order valence-electron chi connectivity index (χ4n) is 3.80. The lowest BCUT2D eigenvalue weighted by atomic mass is 10.0. The highest BCUT2D eigenvalue weighted by Gasteiger charge is 2.10. The van der Waals surface area contributed by atoms with Crippen LogP contribution >= 0.6 is 0 Å². The Hall–Kier alpha value is -3.59. The van der Waals surface area contributed by atoms with Crippen LogP contribution in [0.25, 0.3) is 22.0 Å². The molecule has 0 unspecified atom stereocenters. The number of nitrogens with zero attached hydrogens (tertiary/aromatic N) is 3. The summed E-state index contributed by atoms with van der Waals surface area (Å²) in [5.74, 6) is 6.51. The van der Waals surface area contributed by atoms with E-state index in [9.17, 15) is 5.21 Å². The second kappa shape index (κ2) is 8.65. The van der Waals surface area contributed by atoms with Crippen LogP contribution in [-0.4, -0.2) is 46.4 Å². The highest BCUT2D eigenvalue weighted by atomic mass is 16.5. The van der Waals surface area contributed by atoms with E-state index >= 15 is 0 Å². The first-order valence-electron chi connectivity index (χ1n) is 10.4. The highest BCUT2D eigenvalue weighted by molar-refractivity contribution is 5.84. The van der Waals surface area contributed by atoms with Crippen LogP contribution in [0.5, 0.6) is 0 Å². The van der Waals surface area contributed by atoms with E-state index in [2.05, 4.69) is 58.2 Å². The summed E-state index contributed by atoms with van der Waals surface area (Å²) in [6, 6.07) is 22.6. The van der Waals surface area contributed by atoms with Crippen molar-refractivity contribution in [3.63, 3.8) is 0 Å². The maximum Gasteiger partial charge on any atom is 0.110 e. The molecule has 0 aliphatic carbocycles. The molecule has 31 heavy (non-hydrogen) atoms. The average Bonchev–Trinajstić information content (AvgIpc) is 3.20. The first-order valence-corrected chi connectivity index (χ1v) is 10.4. The molecule has 1 aliphatic rings. The molecule has 4 aromatic rings. The number of ether oxygens (including phenoxy) is 1. The van der Waals surface area contributed by atoms with Crippen LogP contribution in [0.2, 0.25) is 0 Å². The number of fused-ring (bicyclic) bond motifs is 1. The summed E-state index contributed by atoms with van der Waals surface area (Å²) >= 11 is 0. The predicted molar refractivity (Wildman–Crippen MR) is 121 cm³/mol. The van der Waals surface area contributed by atoms with E-state index in [0.717, 1.165) is 65.3 Å². The maximum atomic E-state index is 9.63. The lowest BCUT2D eigenvalue weighted by molar-refractivity contribution is 0.0342. The van der Waals surface area contributed by atoms with E-state index in [1.165, 1.54) is 5.56 Å². The van der Waals surface area contributed by atoms with Crippen LogP contribution in [0.3, 0.4) is 0 Å². The van der Waals surface area contributed by atoms with Gasteiger partial charge in [-0.1, -0.05) is 42.2 Å². The van der Waals surface area contributed by atoms with Crippen molar-refractivity contribution in [2.24, 2.45) is 0 Å². The molecule has 3 aromatic carbocycles. The van der Waals surface area contributed by atoms with Crippen molar-refractivity contribution in [3.8, 4) is 23.0 Å². The van der Waals surface area contributed by atoms with E-state index in [-0.39, 0.29) is 0 Å². The Morgan fingerprint density at radius 2 is 1.48 bits per heavy atom. The minimum absolute atomic E-state index is 0.696. The van der Waals surface area contributed by atoms with Gasteiger partial charge in [-0.25, -0.2) is 0 Å². The van der Waals surface area contributed by atoms with Crippen molar-refractivity contribution in [1.29, 1.82) is 0 Å². The molecule has 0 saturated carbocycles. The molecule has 0 atom stereocenters. The smallest absolute Gasteiger partial charge is 0.110 e. The molecular formula is C26H23N3O2. The largest absolute Gasteiger partial charge is 0.411 e. The molecule has 154 valence electrons. The summed E-state index contributed by atoms with van der Waals surface area (Å²) in [6.45, 7) is 4.60. The number of benzene rings is 3. The van der Waals surface area contributed by atoms with Gasteiger partial charge in [0.2, 0.25) is 0 Å². The second-order valence-electron chi connectivity index (χ2n) is 7.72. The number of rotatable bonds is 3. The molecule has 1 aliphatic heterocycles. The molecule has 1 fully saturated rings. The van der Waals surface area contributed by atoms with Gasteiger partial charge in [-0.3, -0.25) is 4.90 Å². The van der Waals surface area contributed by atoms with Gasteiger partial charge in [0.05, 0.1) is 19.4 Å². The van der Waals surface area contributed by atoms with Gasteiger partial charge < -0.3 is 9.94 Å². The molecule has 5 rings (SSSR count). The maximum absolute atomic E-state index is 9.63. The Labute approximate surface area is 181 Å². The Kier molecular flexibility index (Phi) is 5.40. The zero-order chi connectivity index (χ0) is 21.0. The minimum Gasteiger partial charge on any atom is -0.411 e. The van der Waals surface area contributed by atoms with Crippen molar-refractivity contribution in [1.82, 2.24) is 14.8 Å². The van der Waals surface area contributed by atoms with Gasteiger partial charge in [-0.2, -0.15) is 0 Å². The zero-order valence-corrected chi connectivity index (χ0v) is 17.2. The van der Waals surface area contributed by atoms with Crippen LogP contribution in [0.4, 0.5) is 0 Å². The zero-order valence-electron chi connectivity index (χ0n) is 17.2. The second-order valence-corrected chi connectivity index (χ2v) is 7.72. The van der Waals surface area contributed by atoms with Crippen molar-refractivity contribution >= 4 is 10.9 Å². The molecule has 0 spiro atoms. The predicted octanol–water partition coefficient (Wildman–Crippen LogP) is 4.17. The molecule has 1 saturated heterocycles. The van der Waals surface area contributed by atoms with Crippen LogP contribution in [0.15, 0.2) is 72.9 Å². The lowest BCUT2D eigenvalue weighted by Gasteiger charge is -2.26. The number of hydrogen-bond donors (Lipinski definition) is 1. The summed E-state index contributed by atoms with van der Waals surface area (Å²) in [5, 5.41) is 14.4. The number of morpholine rings is 1. The topological polar surface area (TPSA) is 50.5 Å². The standard InChI is InChI=1S/C26H23N3O2/c30-29-26-12-11-24(17-25(26)18-27-29)23-9-7-21(8-10-23)2-1-20-3-5-22(6-4-20)19-28-13-15-31-16-14-28/h3-12,17-18,30H,13-16,19H2. The molecule has 5 nitrogen and oxygen atoms in total. The molecule has 2 heterocycles. The van der Waals surface area contributed by atoms with Crippen LogP contribution in [0.1, 0.15) is 16.7 Å². The quantitative estimate of drug-likeness (QED) is 0.408. The van der Waals surface area contributed by atoms with Gasteiger partial charge in [-0.15, -0.1) is 9.94 Å². The lowest BCUT2D eigenvalue weighted by Crippen LogP contribution is -2.35. The third-order valence-corrected chi connectivity index (χ3v) is 5.58. The van der Waals surface area contributed by atoms with E-state index in [0.29, 0.717) is 5.52 Å². The molecular weight excluding hydrogens is 386 g/mol. The Balaban J connectivity index is 1.26. The van der Waals surface area contributed by atoms with Crippen LogP contribution < -0.4 is 0 Å². The summed E-state index contributed by atoms with van der Waals surface area (Å²) in [4.78, 5) is 3.31. The summed E-state index contributed by atoms with van der Waals surface area (Å²) < 4.78 is 5.41. The van der Waals surface area contributed by atoms with E-state index in [1.807, 2.05) is 30.3 Å². The van der Waals surface area contributed by atoms with E-state index in [1.54, 1.807) is 6.20 Å². The minimum atomic E-state index is 0.696. The highest BCUT2D eigenvalue weighted by Crippen LogP contribution is 2.24. The van der Waals surface area contributed by atoms with Gasteiger partial charge in [0.25, 0.3) is 0 Å². The van der Waals surface area contributed by atoms with Gasteiger partial charge in [0.15, 0.2) is 0 Å². The number of hydrogen-bond acceptors (Lipinski definition) is 4. The van der Waals surface area contributed by atoms with Gasteiger partial charge in [-0.05, 0) is 53.1 Å². The van der Waals surface area contributed by atoms with Crippen molar-refractivity contribution in [2.75, 3.05) is 26.3 Å². The fraction of sp³-hybridized carbons (Fsp3) is 0.192. The summed E-state index contributed by atoms with van der Waals surface area (Å²) in [7, 11) is 0. The van der Waals surface area contributed by atoms with Crippen molar-refractivity contribution in [2.45, 2.75) is 6.54 Å². The monoisotopic (exact) mass is 409 g/mol. The van der Waals surface area contributed by atoms with E-state index < -0.39 is 0 Å². The van der Waals surface area contributed by atoms with Crippen molar-refractivity contribution in [3.05, 3.63) is 89.6 Å². The third-order valence-electron chi connectivity index (χ3n) is 5.58. The average molecular weight is 409 g/mol. The number of aromatic nitrogens is 2. The SMILES string of the molecule is On1ncc2cc(-c3ccc(C#Cc4ccc(CN5CCOCC5)cc4)cc3)ccc21. The Bertz CT molecular complexity index is 1240. The van der Waals surface area contributed by atoms with E-state index in [4.69, 9.17) is 4.74 Å². The fourth-order valence-corrected chi connectivity index (χ4v) is 3.80. The van der Waals surface area contributed by atoms with Gasteiger partial charge in [0.1, 0.15) is 5.52 Å². The molecule has 0 amide bonds. The third kappa shape index (κ3) is 4.46. The molecule has 5 heteroatoms. The molecule has 1 aromatic heterocycles. The summed E-state index contributed by atoms with van der Waals surface area (Å²) in [5.41, 5.74) is 6.18. The Morgan fingerprint density at radius 3 is 2.19 bits per heavy atom. The first-order chi connectivity index (χ1) is 15.2. The normalized spacial score (nSPS) is 14.3. The van der Waals surface area contributed by atoms with Crippen LogP contribution in [-0.2, 0) is 11.3 Å². The van der Waals surface area contributed by atoms with Gasteiger partial charge >= 0.3 is 0 Å². The van der Waals surface area contributed by atoms with Gasteiger partial charge in [0, 0.05) is 36.1 Å². The Morgan fingerprint density at radius 1 is 0.839 bits per heavy atom. The molecule has 1 N–H and O–H groups in total. The molecule has 0 bridgehead atoms. The van der Waals surface area contributed by atoms with Crippen molar-refractivity contribution < 1.29 is 9.94 Å². The first kappa shape index (κ1) is 19.4. The molecule has 0 radical (unpaired) electrons. The van der Waals surface area contributed by atoms with Crippen LogP contribution in [0, 0.1) is 11.8 Å². The summed E-state index contributed by atoms with van der Waals surface area (Å²) in [6.07, 6.45) is 1.66.